The highest BCUT2D eigenvalue weighted by atomic mass is 127. The van der Waals surface area contributed by atoms with Crippen LogP contribution in [0.1, 0.15) is 5.56 Å². The van der Waals surface area contributed by atoms with E-state index in [4.69, 9.17) is 19.3 Å². The quantitative estimate of drug-likeness (QED) is 0.361. The van der Waals surface area contributed by atoms with E-state index in [2.05, 4.69) is 4.99 Å². The summed E-state index contributed by atoms with van der Waals surface area (Å²) in [7, 11) is 3.06. The predicted molar refractivity (Wildman–Crippen MR) is 132 cm³/mol. The summed E-state index contributed by atoms with van der Waals surface area (Å²) >= 11 is 3.33. The minimum atomic E-state index is -1.08. The third-order valence-electron chi connectivity index (χ3n) is 4.28. The van der Waals surface area contributed by atoms with Crippen molar-refractivity contribution in [2.24, 2.45) is 4.99 Å². The Bertz CT molecular complexity index is 1060. The summed E-state index contributed by atoms with van der Waals surface area (Å²) in [5.74, 6) is -0.517. The maximum absolute atomic E-state index is 13.1. The molecule has 0 atom stereocenters. The number of carboxylic acid groups (broad SMARTS) is 1. The lowest BCUT2D eigenvalue weighted by molar-refractivity contribution is -0.139. The minimum absolute atomic E-state index is 0.165. The van der Waals surface area contributed by atoms with Gasteiger partial charge in [-0.15, -0.1) is 0 Å². The SMILES string of the molecule is COCCN1C(=O)/C(=C\c2cc(I)c(OCC(=O)O)c(OC)c2)SC1=Nc1ccccc1. The van der Waals surface area contributed by atoms with Crippen LogP contribution >= 0.6 is 34.4 Å². The number of carbonyl (C=O) groups excluding carboxylic acids is 1. The Morgan fingerprint density at radius 1 is 1.25 bits per heavy atom. The van der Waals surface area contributed by atoms with Crippen molar-refractivity contribution < 1.29 is 28.9 Å². The van der Waals surface area contributed by atoms with Crippen molar-refractivity contribution in [3.8, 4) is 11.5 Å². The largest absolute Gasteiger partial charge is 0.493 e. The molecule has 0 spiro atoms. The summed E-state index contributed by atoms with van der Waals surface area (Å²) in [6.45, 7) is 0.289. The number of rotatable bonds is 9. The zero-order valence-electron chi connectivity index (χ0n) is 17.4. The maximum Gasteiger partial charge on any atom is 0.341 e. The summed E-state index contributed by atoms with van der Waals surface area (Å²) in [5, 5.41) is 9.45. The summed E-state index contributed by atoms with van der Waals surface area (Å²) < 4.78 is 16.5. The third kappa shape index (κ3) is 6.02. The normalized spacial score (nSPS) is 16.1. The van der Waals surface area contributed by atoms with E-state index >= 15 is 0 Å². The molecule has 1 fully saturated rings. The molecule has 1 heterocycles. The molecular weight excluding hydrogens is 547 g/mol. The Kier molecular flexibility index (Phi) is 8.53. The standard InChI is InChI=1S/C22H21IN2O6S/c1-29-9-8-25-21(28)18(32-22(25)24-15-6-4-3-5-7-15)12-14-10-16(23)20(17(11-14)30-2)31-13-19(26)27/h3-7,10-12H,8-9,13H2,1-2H3,(H,26,27)/b18-12+,24-22?. The number of hydrogen-bond donors (Lipinski definition) is 1. The molecule has 10 heteroatoms. The number of carboxylic acids is 1. The molecule has 0 bridgehead atoms. The van der Waals surface area contributed by atoms with Crippen LogP contribution in [-0.4, -0.2) is 61.0 Å². The van der Waals surface area contributed by atoms with Gasteiger partial charge >= 0.3 is 5.97 Å². The van der Waals surface area contributed by atoms with Crippen LogP contribution in [0.2, 0.25) is 0 Å². The Balaban J connectivity index is 1.93. The molecule has 1 aliphatic rings. The van der Waals surface area contributed by atoms with Crippen LogP contribution in [-0.2, 0) is 14.3 Å². The van der Waals surface area contributed by atoms with Gasteiger partial charge in [0.05, 0.1) is 34.4 Å². The second-order valence-electron chi connectivity index (χ2n) is 6.51. The third-order valence-corrected chi connectivity index (χ3v) is 6.09. The number of amides is 1. The van der Waals surface area contributed by atoms with Crippen molar-refractivity contribution >= 4 is 63.2 Å². The smallest absolute Gasteiger partial charge is 0.341 e. The van der Waals surface area contributed by atoms with Crippen molar-refractivity contribution in [1.29, 1.82) is 0 Å². The van der Waals surface area contributed by atoms with Gasteiger partial charge in [0.1, 0.15) is 0 Å². The second-order valence-corrected chi connectivity index (χ2v) is 8.68. The molecule has 0 aliphatic carbocycles. The van der Waals surface area contributed by atoms with Crippen molar-refractivity contribution in [2.45, 2.75) is 0 Å². The van der Waals surface area contributed by atoms with Gasteiger partial charge in [-0.1, -0.05) is 18.2 Å². The average Bonchev–Trinajstić information content (AvgIpc) is 3.05. The Hall–Kier alpha value is -2.57. The highest BCUT2D eigenvalue weighted by Crippen LogP contribution is 2.38. The van der Waals surface area contributed by atoms with Crippen LogP contribution in [0, 0.1) is 3.57 Å². The molecule has 1 saturated heterocycles. The first-order chi connectivity index (χ1) is 15.4. The van der Waals surface area contributed by atoms with Crippen LogP contribution < -0.4 is 9.47 Å². The van der Waals surface area contributed by atoms with Crippen LogP contribution in [0.3, 0.4) is 0 Å². The summed E-state index contributed by atoms with van der Waals surface area (Å²) in [4.78, 5) is 30.7. The lowest BCUT2D eigenvalue weighted by Gasteiger charge is -2.14. The molecule has 8 nitrogen and oxygen atoms in total. The molecule has 1 N–H and O–H groups in total. The molecule has 1 amide bonds. The number of para-hydroxylation sites is 1. The minimum Gasteiger partial charge on any atom is -0.493 e. The van der Waals surface area contributed by atoms with Gasteiger partial charge in [0.2, 0.25) is 0 Å². The molecule has 3 rings (SSSR count). The fourth-order valence-corrected chi connectivity index (χ4v) is 4.64. The molecule has 2 aromatic carbocycles. The summed E-state index contributed by atoms with van der Waals surface area (Å²) in [6.07, 6.45) is 1.76. The lowest BCUT2D eigenvalue weighted by Crippen LogP contribution is -2.32. The number of benzene rings is 2. The number of nitrogens with zero attached hydrogens (tertiary/aromatic N) is 2. The van der Waals surface area contributed by atoms with E-state index in [1.54, 1.807) is 30.2 Å². The average molecular weight is 568 g/mol. The molecule has 32 heavy (non-hydrogen) atoms. The summed E-state index contributed by atoms with van der Waals surface area (Å²) in [6, 6.07) is 12.9. The first-order valence-electron chi connectivity index (χ1n) is 9.49. The van der Waals surface area contributed by atoms with E-state index in [0.29, 0.717) is 38.3 Å². The molecule has 0 unspecified atom stereocenters. The van der Waals surface area contributed by atoms with E-state index < -0.39 is 12.6 Å². The fraction of sp³-hybridized carbons (Fsp3) is 0.227. The number of carbonyl (C=O) groups is 2. The molecule has 0 aromatic heterocycles. The Labute approximate surface area is 203 Å². The second kappa shape index (κ2) is 11.3. The molecule has 2 aromatic rings. The number of hydrogen-bond acceptors (Lipinski definition) is 7. The number of ether oxygens (including phenoxy) is 3. The van der Waals surface area contributed by atoms with Crippen LogP contribution in [0.15, 0.2) is 52.4 Å². The zero-order valence-corrected chi connectivity index (χ0v) is 20.4. The number of aliphatic carboxylic acids is 1. The van der Waals surface area contributed by atoms with Gasteiger partial charge in [-0.3, -0.25) is 9.69 Å². The zero-order chi connectivity index (χ0) is 23.1. The van der Waals surface area contributed by atoms with Crippen molar-refractivity contribution in [3.63, 3.8) is 0 Å². The Morgan fingerprint density at radius 3 is 2.66 bits per heavy atom. The number of amidine groups is 1. The van der Waals surface area contributed by atoms with E-state index in [-0.39, 0.29) is 5.91 Å². The molecule has 0 radical (unpaired) electrons. The van der Waals surface area contributed by atoms with E-state index in [0.717, 1.165) is 11.3 Å². The molecule has 0 saturated carbocycles. The monoisotopic (exact) mass is 568 g/mol. The van der Waals surface area contributed by atoms with E-state index in [1.165, 1.54) is 18.9 Å². The van der Waals surface area contributed by atoms with Gasteiger partial charge in [-0.25, -0.2) is 9.79 Å². The van der Waals surface area contributed by atoms with Crippen molar-refractivity contribution in [1.82, 2.24) is 4.90 Å². The predicted octanol–water partition coefficient (Wildman–Crippen LogP) is 4.01. The number of thioether (sulfide) groups is 1. The van der Waals surface area contributed by atoms with Gasteiger partial charge in [-0.2, -0.15) is 0 Å². The topological polar surface area (TPSA) is 97.7 Å². The fourth-order valence-electron chi connectivity index (χ4n) is 2.83. The van der Waals surface area contributed by atoms with Gasteiger partial charge in [0.15, 0.2) is 23.3 Å². The van der Waals surface area contributed by atoms with Gasteiger partial charge < -0.3 is 19.3 Å². The van der Waals surface area contributed by atoms with Crippen molar-refractivity contribution in [2.75, 3.05) is 34.0 Å². The van der Waals surface area contributed by atoms with Crippen LogP contribution in [0.25, 0.3) is 6.08 Å². The highest BCUT2D eigenvalue weighted by Gasteiger charge is 2.33. The molecular formula is C22H21IN2O6S. The van der Waals surface area contributed by atoms with Gasteiger partial charge in [0.25, 0.3) is 5.91 Å². The summed E-state index contributed by atoms with van der Waals surface area (Å²) in [5.41, 5.74) is 1.47. The van der Waals surface area contributed by atoms with Crippen LogP contribution in [0.4, 0.5) is 5.69 Å². The van der Waals surface area contributed by atoms with Gasteiger partial charge in [-0.05, 0) is 70.3 Å². The highest BCUT2D eigenvalue weighted by molar-refractivity contribution is 14.1. The van der Waals surface area contributed by atoms with Crippen molar-refractivity contribution in [3.05, 3.63) is 56.5 Å². The number of methoxy groups -OCH3 is 2. The van der Waals surface area contributed by atoms with Crippen LogP contribution in [0.5, 0.6) is 11.5 Å². The first kappa shape index (κ1) is 24.1. The van der Waals surface area contributed by atoms with E-state index in [1.807, 2.05) is 52.9 Å². The number of aliphatic imine (C=N–C) groups is 1. The maximum atomic E-state index is 13.1. The van der Waals surface area contributed by atoms with Gasteiger partial charge in [0, 0.05) is 7.11 Å². The Morgan fingerprint density at radius 2 is 2.00 bits per heavy atom. The first-order valence-corrected chi connectivity index (χ1v) is 11.4. The lowest BCUT2D eigenvalue weighted by atomic mass is 10.2. The number of halogens is 1. The molecule has 168 valence electrons. The van der Waals surface area contributed by atoms with E-state index in [9.17, 15) is 9.59 Å². The molecule has 1 aliphatic heterocycles.